The number of ether oxygens (including phenoxy) is 1. The first-order valence-electron chi connectivity index (χ1n) is 25.0. The standard InChI is InChI=1S/C68H43NOS2/c1-4-22-51-46(17-1)50-41-44(39-40-53(50)67(51)56-26-8-13-33-63(56)71-64-34-14-9-27-57(64)67)69(43-37-35-42(36-38-43)45-20-15-21-48-47-18-3-12-32-62(47)72-66(45)48)59-29-16-28-58-65(59)49-19-2-5-23-52(49)68(58)54-24-6-10-30-60(54)70-61-31-11-7-25-55(61)68/h1-41,47,62H. The number of hydrogen-bond acceptors (Lipinski definition) is 4. The Morgan fingerprint density at radius 2 is 0.944 bits per heavy atom. The second kappa shape index (κ2) is 15.2. The molecule has 0 saturated carbocycles. The highest BCUT2D eigenvalue weighted by Crippen LogP contribution is 2.66. The van der Waals surface area contributed by atoms with E-state index in [4.69, 9.17) is 4.74 Å². The second-order valence-electron chi connectivity index (χ2n) is 19.7. The Morgan fingerprint density at radius 1 is 0.403 bits per heavy atom. The lowest BCUT2D eigenvalue weighted by Crippen LogP contribution is -2.32. The first-order chi connectivity index (χ1) is 35.7. The number of nitrogens with zero attached hydrogens (tertiary/aromatic N) is 1. The molecule has 338 valence electrons. The zero-order valence-electron chi connectivity index (χ0n) is 39.0. The SMILES string of the molecule is C1=CC2Sc3c(-c4ccc(N(c5ccc6c(c5)-c5ccccc5C65c6ccccc6Sc6ccccc65)c5cccc6c5-c5ccccc5C65c6ccccc6Oc6ccccc65)cc4)cccc3C2C=C1. The third kappa shape index (κ3) is 5.33. The molecule has 72 heavy (non-hydrogen) atoms. The molecule has 16 rings (SSSR count). The van der Waals surface area contributed by atoms with Crippen molar-refractivity contribution in [1.29, 1.82) is 0 Å². The van der Waals surface area contributed by atoms with Crippen LogP contribution >= 0.6 is 23.5 Å². The maximum Gasteiger partial charge on any atom is 0.132 e. The van der Waals surface area contributed by atoms with Gasteiger partial charge in [-0.15, -0.1) is 11.8 Å². The number of thioether (sulfide) groups is 1. The number of allylic oxidation sites excluding steroid dienone is 3. The van der Waals surface area contributed by atoms with Gasteiger partial charge in [0, 0.05) is 53.9 Å². The lowest BCUT2D eigenvalue weighted by molar-refractivity contribution is 0.436. The van der Waals surface area contributed by atoms with Crippen LogP contribution in [0, 0.1) is 0 Å². The molecule has 0 aromatic heterocycles. The van der Waals surface area contributed by atoms with E-state index >= 15 is 0 Å². The molecule has 2 spiro atoms. The van der Waals surface area contributed by atoms with E-state index in [1.807, 2.05) is 23.5 Å². The lowest BCUT2D eigenvalue weighted by Gasteiger charge is -2.40. The van der Waals surface area contributed by atoms with Gasteiger partial charge in [0.15, 0.2) is 0 Å². The third-order valence-corrected chi connectivity index (χ3v) is 18.9. The molecule has 10 aromatic rings. The Bertz CT molecular complexity index is 3920. The molecule has 6 aliphatic rings. The summed E-state index contributed by atoms with van der Waals surface area (Å²) in [6.45, 7) is 0. The third-order valence-electron chi connectivity index (χ3n) is 16.4. The zero-order valence-corrected chi connectivity index (χ0v) is 40.6. The average molecular weight is 954 g/mol. The van der Waals surface area contributed by atoms with E-state index in [1.54, 1.807) is 0 Å². The molecule has 3 aliphatic heterocycles. The first-order valence-corrected chi connectivity index (χ1v) is 26.7. The van der Waals surface area contributed by atoms with Crippen molar-refractivity contribution in [1.82, 2.24) is 0 Å². The van der Waals surface area contributed by atoms with Gasteiger partial charge in [0.05, 0.1) is 16.5 Å². The molecule has 0 saturated heterocycles. The molecule has 0 amide bonds. The van der Waals surface area contributed by atoms with Crippen LogP contribution in [-0.2, 0) is 10.8 Å². The number of fused-ring (bicyclic) bond motifs is 21. The Kier molecular flexibility index (Phi) is 8.61. The van der Waals surface area contributed by atoms with E-state index in [-0.39, 0.29) is 0 Å². The summed E-state index contributed by atoms with van der Waals surface area (Å²) in [5.74, 6) is 2.19. The zero-order chi connectivity index (χ0) is 47.1. The summed E-state index contributed by atoms with van der Waals surface area (Å²) in [6.07, 6.45) is 9.14. The largest absolute Gasteiger partial charge is 0.457 e. The Hall–Kier alpha value is -8.02. The predicted octanol–water partition coefficient (Wildman–Crippen LogP) is 17.8. The number of anilines is 3. The van der Waals surface area contributed by atoms with Crippen molar-refractivity contribution in [3.8, 4) is 44.9 Å². The quantitative estimate of drug-likeness (QED) is 0.174. The average Bonchev–Trinajstić information content (AvgIpc) is 4.08. The normalized spacial score (nSPS) is 17.6. The van der Waals surface area contributed by atoms with E-state index < -0.39 is 10.8 Å². The highest BCUT2D eigenvalue weighted by atomic mass is 32.2. The van der Waals surface area contributed by atoms with Crippen molar-refractivity contribution >= 4 is 40.6 Å². The van der Waals surface area contributed by atoms with Crippen LogP contribution in [0.25, 0.3) is 33.4 Å². The Balaban J connectivity index is 0.945. The Labute approximate surface area is 428 Å². The highest BCUT2D eigenvalue weighted by molar-refractivity contribution is 8.00. The minimum absolute atomic E-state index is 0.407. The lowest BCUT2D eigenvalue weighted by atomic mass is 9.66. The van der Waals surface area contributed by atoms with Gasteiger partial charge in [-0.05, 0) is 121 Å². The monoisotopic (exact) mass is 953 g/mol. The van der Waals surface area contributed by atoms with E-state index in [0.29, 0.717) is 11.2 Å². The number of para-hydroxylation sites is 2. The molecule has 10 aromatic carbocycles. The molecular formula is C68H43NOS2. The minimum atomic E-state index is -0.598. The fourth-order valence-electron chi connectivity index (χ4n) is 13.6. The van der Waals surface area contributed by atoms with Crippen molar-refractivity contribution in [2.45, 2.75) is 36.7 Å². The predicted molar refractivity (Wildman–Crippen MR) is 296 cm³/mol. The molecule has 0 bridgehead atoms. The summed E-state index contributed by atoms with van der Waals surface area (Å²) in [5.41, 5.74) is 21.4. The van der Waals surface area contributed by atoms with E-state index in [9.17, 15) is 0 Å². The van der Waals surface area contributed by atoms with Gasteiger partial charge in [0.2, 0.25) is 0 Å². The van der Waals surface area contributed by atoms with E-state index in [2.05, 4.69) is 254 Å². The summed E-state index contributed by atoms with van der Waals surface area (Å²) >= 11 is 3.89. The first kappa shape index (κ1) is 40.7. The van der Waals surface area contributed by atoms with Crippen molar-refractivity contribution in [2.24, 2.45) is 0 Å². The van der Waals surface area contributed by atoms with Gasteiger partial charge >= 0.3 is 0 Å². The van der Waals surface area contributed by atoms with Gasteiger partial charge in [0.25, 0.3) is 0 Å². The number of hydrogen-bond donors (Lipinski definition) is 0. The number of rotatable bonds is 4. The van der Waals surface area contributed by atoms with E-state index in [0.717, 1.165) is 39.7 Å². The highest BCUT2D eigenvalue weighted by Gasteiger charge is 2.53. The van der Waals surface area contributed by atoms with Gasteiger partial charge in [-0.1, -0.05) is 206 Å². The molecule has 0 N–H and O–H groups in total. The van der Waals surface area contributed by atoms with Gasteiger partial charge in [-0.2, -0.15) is 0 Å². The van der Waals surface area contributed by atoms with Gasteiger partial charge in [0.1, 0.15) is 11.5 Å². The van der Waals surface area contributed by atoms with Crippen LogP contribution in [0.3, 0.4) is 0 Å². The van der Waals surface area contributed by atoms with Crippen molar-refractivity contribution in [3.05, 3.63) is 299 Å². The summed E-state index contributed by atoms with van der Waals surface area (Å²) in [5, 5.41) is 0.431. The van der Waals surface area contributed by atoms with Crippen molar-refractivity contribution < 1.29 is 4.74 Å². The van der Waals surface area contributed by atoms with Crippen LogP contribution in [0.15, 0.2) is 263 Å². The van der Waals surface area contributed by atoms with Crippen LogP contribution in [0.1, 0.15) is 56.0 Å². The molecule has 2 unspecified atom stereocenters. The fraction of sp³-hybridized carbons (Fsp3) is 0.0588. The van der Waals surface area contributed by atoms with Crippen LogP contribution in [-0.4, -0.2) is 5.25 Å². The summed E-state index contributed by atoms with van der Waals surface area (Å²) in [4.78, 5) is 6.55. The molecule has 0 fully saturated rings. The van der Waals surface area contributed by atoms with Gasteiger partial charge < -0.3 is 9.64 Å². The summed E-state index contributed by atoms with van der Waals surface area (Å²) in [6, 6.07) is 84.3. The molecule has 2 atom stereocenters. The molecule has 3 heterocycles. The van der Waals surface area contributed by atoms with Crippen LogP contribution in [0.2, 0.25) is 0 Å². The van der Waals surface area contributed by atoms with Crippen LogP contribution in [0.5, 0.6) is 11.5 Å². The summed E-state index contributed by atoms with van der Waals surface area (Å²) < 4.78 is 6.76. The van der Waals surface area contributed by atoms with E-state index in [1.165, 1.54) is 87.0 Å². The molecular weight excluding hydrogens is 911 g/mol. The van der Waals surface area contributed by atoms with Crippen LogP contribution in [0.4, 0.5) is 17.1 Å². The smallest absolute Gasteiger partial charge is 0.132 e. The second-order valence-corrected chi connectivity index (χ2v) is 22.0. The van der Waals surface area contributed by atoms with Gasteiger partial charge in [-0.3, -0.25) is 0 Å². The molecule has 2 nitrogen and oxygen atoms in total. The van der Waals surface area contributed by atoms with Gasteiger partial charge in [-0.25, -0.2) is 0 Å². The fourth-order valence-corrected chi connectivity index (χ4v) is 16.2. The molecule has 0 radical (unpaired) electrons. The maximum atomic E-state index is 6.76. The summed E-state index contributed by atoms with van der Waals surface area (Å²) in [7, 11) is 0. The van der Waals surface area contributed by atoms with Crippen LogP contribution < -0.4 is 9.64 Å². The topological polar surface area (TPSA) is 12.5 Å². The maximum absolute atomic E-state index is 6.76. The van der Waals surface area contributed by atoms with Crippen molar-refractivity contribution in [2.75, 3.05) is 4.90 Å². The Morgan fingerprint density at radius 3 is 1.68 bits per heavy atom. The van der Waals surface area contributed by atoms with Crippen molar-refractivity contribution in [3.63, 3.8) is 0 Å². The molecule has 4 heteroatoms. The molecule has 3 aliphatic carbocycles. The number of benzene rings is 10. The minimum Gasteiger partial charge on any atom is -0.457 e.